The van der Waals surface area contributed by atoms with Gasteiger partial charge in [-0.2, -0.15) is 0 Å². The van der Waals surface area contributed by atoms with Crippen molar-refractivity contribution in [1.29, 1.82) is 0 Å². The zero-order valence-corrected chi connectivity index (χ0v) is 22.2. The van der Waals surface area contributed by atoms with Gasteiger partial charge in [0.15, 0.2) is 0 Å². The zero-order valence-electron chi connectivity index (χ0n) is 22.2. The van der Waals surface area contributed by atoms with E-state index in [2.05, 4.69) is 32.9 Å². The number of aliphatic hydroxyl groups is 1. The molecule has 0 amide bonds. The minimum atomic E-state index is -0.681. The van der Waals surface area contributed by atoms with Crippen molar-refractivity contribution in [3.05, 3.63) is 23.8 Å². The summed E-state index contributed by atoms with van der Waals surface area (Å²) in [4.78, 5) is 24.7. The Labute approximate surface area is 209 Å². The first-order valence-corrected chi connectivity index (χ1v) is 13.8. The number of cyclic esters (lactones) is 2. The molecule has 10 atom stereocenters. The third kappa shape index (κ3) is 2.80. The molecule has 6 rings (SSSR count). The molecule has 2 aliphatic heterocycles. The average molecular weight is 483 g/mol. The second kappa shape index (κ2) is 7.02. The van der Waals surface area contributed by atoms with Gasteiger partial charge in [0.2, 0.25) is 0 Å². The SMILES string of the molecule is CC1=CC[C@@H]([C@@H](C)[C@H]2CC[C@@]3(C)[C@@H]4CC(O)[C@H]5C(C)(C)OC(=O)C=C[C@@]56C[C@@]46CC[C@]23C)OC1=O. The molecule has 4 fully saturated rings. The highest BCUT2D eigenvalue weighted by Crippen LogP contribution is 2.87. The van der Waals surface area contributed by atoms with E-state index in [0.717, 1.165) is 50.5 Å². The summed E-state index contributed by atoms with van der Waals surface area (Å²) in [6.45, 7) is 13.1. The number of esters is 2. The summed E-state index contributed by atoms with van der Waals surface area (Å²) in [5.74, 6) is 0.711. The van der Waals surface area contributed by atoms with Crippen molar-refractivity contribution in [2.24, 2.45) is 45.3 Å². The number of aliphatic hydroxyl groups excluding tert-OH is 1. The van der Waals surface area contributed by atoms with Crippen LogP contribution in [0.5, 0.6) is 0 Å². The fraction of sp³-hybridized carbons (Fsp3) is 0.800. The van der Waals surface area contributed by atoms with Gasteiger partial charge in [0.05, 0.1) is 6.10 Å². The van der Waals surface area contributed by atoms with Crippen LogP contribution in [0.2, 0.25) is 0 Å². The van der Waals surface area contributed by atoms with Crippen LogP contribution in [0.4, 0.5) is 0 Å². The molecular formula is C30H42O5. The summed E-state index contributed by atoms with van der Waals surface area (Å²) in [6, 6.07) is 0. The van der Waals surface area contributed by atoms with E-state index in [1.54, 1.807) is 6.08 Å². The van der Waals surface area contributed by atoms with Crippen LogP contribution in [-0.2, 0) is 19.1 Å². The quantitative estimate of drug-likeness (QED) is 0.536. The Balaban J connectivity index is 1.34. The number of hydrogen-bond donors (Lipinski definition) is 1. The number of fused-ring (bicyclic) bond motifs is 2. The van der Waals surface area contributed by atoms with Gasteiger partial charge in [0, 0.05) is 29.4 Å². The summed E-state index contributed by atoms with van der Waals surface area (Å²) in [5, 5.41) is 11.6. The number of rotatable bonds is 2. The molecule has 0 aromatic heterocycles. The first kappa shape index (κ1) is 23.8. The molecule has 5 nitrogen and oxygen atoms in total. The largest absolute Gasteiger partial charge is 0.458 e. The third-order valence-electron chi connectivity index (χ3n) is 12.5. The van der Waals surface area contributed by atoms with Crippen LogP contribution in [0.1, 0.15) is 86.5 Å². The van der Waals surface area contributed by atoms with E-state index >= 15 is 0 Å². The van der Waals surface area contributed by atoms with E-state index in [1.807, 2.05) is 20.8 Å². The maximum atomic E-state index is 12.4. The van der Waals surface area contributed by atoms with Crippen molar-refractivity contribution in [2.75, 3.05) is 0 Å². The molecule has 5 heteroatoms. The predicted octanol–water partition coefficient (Wildman–Crippen LogP) is 5.37. The Kier molecular flexibility index (Phi) is 4.77. The number of hydrogen-bond acceptors (Lipinski definition) is 5. The van der Waals surface area contributed by atoms with Crippen LogP contribution in [0.15, 0.2) is 23.8 Å². The maximum Gasteiger partial charge on any atom is 0.333 e. The molecule has 0 aromatic carbocycles. The van der Waals surface area contributed by atoms with Gasteiger partial charge in [-0.3, -0.25) is 0 Å². The summed E-state index contributed by atoms with van der Waals surface area (Å²) >= 11 is 0. The lowest BCUT2D eigenvalue weighted by molar-refractivity contribution is -0.188. The van der Waals surface area contributed by atoms with Crippen LogP contribution in [-0.4, -0.2) is 34.9 Å². The van der Waals surface area contributed by atoms with Gasteiger partial charge >= 0.3 is 11.9 Å². The van der Waals surface area contributed by atoms with Gasteiger partial charge in [0.1, 0.15) is 11.7 Å². The minimum absolute atomic E-state index is 0.0476. The fourth-order valence-corrected chi connectivity index (χ4v) is 10.7. The summed E-state index contributed by atoms with van der Waals surface area (Å²) in [7, 11) is 0. The molecule has 0 saturated heterocycles. The normalized spacial score (nSPS) is 52.5. The van der Waals surface area contributed by atoms with Crippen LogP contribution < -0.4 is 0 Å². The number of carbonyl (C=O) groups is 2. The molecule has 35 heavy (non-hydrogen) atoms. The molecule has 0 radical (unpaired) electrons. The molecule has 1 unspecified atom stereocenters. The first-order valence-electron chi connectivity index (χ1n) is 13.8. The molecule has 2 spiro atoms. The number of allylic oxidation sites excluding steroid dienone is 1. The second-order valence-electron chi connectivity index (χ2n) is 14.0. The monoisotopic (exact) mass is 482 g/mol. The lowest BCUT2D eigenvalue weighted by atomic mass is 9.43. The van der Waals surface area contributed by atoms with Gasteiger partial charge < -0.3 is 14.6 Å². The van der Waals surface area contributed by atoms with Crippen LogP contribution in [0.3, 0.4) is 0 Å². The van der Waals surface area contributed by atoms with Gasteiger partial charge in [-0.25, -0.2) is 9.59 Å². The Morgan fingerprint density at radius 3 is 2.54 bits per heavy atom. The Bertz CT molecular complexity index is 1040. The lowest BCUT2D eigenvalue weighted by Crippen LogP contribution is -2.59. The minimum Gasteiger partial charge on any atom is -0.458 e. The van der Waals surface area contributed by atoms with Gasteiger partial charge in [-0.15, -0.1) is 0 Å². The topological polar surface area (TPSA) is 72.8 Å². The van der Waals surface area contributed by atoms with Crippen LogP contribution >= 0.6 is 0 Å². The highest BCUT2D eigenvalue weighted by Gasteiger charge is 2.83. The van der Waals surface area contributed by atoms with Crippen molar-refractivity contribution >= 4 is 11.9 Å². The first-order chi connectivity index (χ1) is 16.3. The average Bonchev–Trinajstić information content (AvgIpc) is 3.37. The van der Waals surface area contributed by atoms with Crippen molar-refractivity contribution in [1.82, 2.24) is 0 Å². The van der Waals surface area contributed by atoms with E-state index in [1.165, 1.54) is 0 Å². The van der Waals surface area contributed by atoms with E-state index in [-0.39, 0.29) is 45.6 Å². The summed E-state index contributed by atoms with van der Waals surface area (Å²) in [6.07, 6.45) is 12.5. The molecule has 4 aliphatic carbocycles. The van der Waals surface area contributed by atoms with E-state index in [9.17, 15) is 14.7 Å². The molecule has 0 bridgehead atoms. The van der Waals surface area contributed by atoms with E-state index < -0.39 is 11.7 Å². The smallest absolute Gasteiger partial charge is 0.333 e. The van der Waals surface area contributed by atoms with E-state index in [4.69, 9.17) is 9.47 Å². The van der Waals surface area contributed by atoms with Gasteiger partial charge in [0.25, 0.3) is 0 Å². The van der Waals surface area contributed by atoms with Crippen LogP contribution in [0.25, 0.3) is 0 Å². The molecule has 0 aromatic rings. The Morgan fingerprint density at radius 1 is 1.09 bits per heavy atom. The predicted molar refractivity (Wildman–Crippen MR) is 132 cm³/mol. The summed E-state index contributed by atoms with van der Waals surface area (Å²) in [5.41, 5.74) is 0.278. The highest BCUT2D eigenvalue weighted by molar-refractivity contribution is 5.88. The second-order valence-corrected chi connectivity index (χ2v) is 14.0. The molecular weight excluding hydrogens is 440 g/mol. The van der Waals surface area contributed by atoms with Crippen molar-refractivity contribution < 1.29 is 24.2 Å². The highest BCUT2D eigenvalue weighted by atomic mass is 16.6. The van der Waals surface area contributed by atoms with Crippen molar-refractivity contribution in [2.45, 2.75) is 104 Å². The molecule has 2 heterocycles. The van der Waals surface area contributed by atoms with Gasteiger partial charge in [-0.05, 0) is 93.3 Å². The maximum absolute atomic E-state index is 12.4. The summed E-state index contributed by atoms with van der Waals surface area (Å²) < 4.78 is 11.7. The fourth-order valence-electron chi connectivity index (χ4n) is 10.7. The number of carbonyl (C=O) groups excluding carboxylic acids is 2. The van der Waals surface area contributed by atoms with Crippen molar-refractivity contribution in [3.8, 4) is 0 Å². The van der Waals surface area contributed by atoms with Gasteiger partial charge in [-0.1, -0.05) is 32.9 Å². The Hall–Kier alpha value is -1.62. The molecule has 192 valence electrons. The standard InChI is InChI=1S/C30H42O5/c1-17-7-8-21(34-25(17)33)18(2)19-9-11-28(6)22-15-20(31)24-26(3,4)35-23(32)10-12-30(24)16-29(22,30)14-13-27(19,28)5/h7,10,12,18-22,24,31H,8-9,11,13-16H2,1-6H3/t18-,19+,20?,21-,22-,24-,27+,28-,29-,30+/m0/s1. The molecule has 6 aliphatic rings. The third-order valence-corrected chi connectivity index (χ3v) is 12.5. The lowest BCUT2D eigenvalue weighted by Gasteiger charge is -2.62. The molecule has 1 N–H and O–H groups in total. The van der Waals surface area contributed by atoms with E-state index in [0.29, 0.717) is 17.8 Å². The van der Waals surface area contributed by atoms with Crippen molar-refractivity contribution in [3.63, 3.8) is 0 Å². The Morgan fingerprint density at radius 2 is 1.83 bits per heavy atom. The molecule has 4 saturated carbocycles. The zero-order chi connectivity index (χ0) is 25.2. The number of ether oxygens (including phenoxy) is 2. The van der Waals surface area contributed by atoms with Crippen LogP contribution in [0, 0.1) is 45.3 Å².